The second kappa shape index (κ2) is 6.00. The van der Waals surface area contributed by atoms with Gasteiger partial charge in [-0.15, -0.1) is 0 Å². The summed E-state index contributed by atoms with van der Waals surface area (Å²) in [7, 11) is 0. The molecule has 0 aliphatic carbocycles. The smallest absolute Gasteiger partial charge is 0.120 e. The van der Waals surface area contributed by atoms with Crippen LogP contribution >= 0.6 is 0 Å². The maximum atomic E-state index is 9.61. The normalized spacial score (nSPS) is 13.6. The van der Waals surface area contributed by atoms with Gasteiger partial charge in [-0.1, -0.05) is 18.2 Å². The highest BCUT2D eigenvalue weighted by atomic mass is 16.3. The number of aromatic hydroxyl groups is 1. The molecule has 1 aromatic rings. The van der Waals surface area contributed by atoms with E-state index < -0.39 is 0 Å². The molecule has 1 aromatic carbocycles. The molecule has 1 atom stereocenters. The first kappa shape index (κ1) is 14.0. The summed E-state index contributed by atoms with van der Waals surface area (Å²) < 4.78 is 0. The number of para-hydroxylation sites is 1. The minimum Gasteiger partial charge on any atom is -0.508 e. The molecule has 4 heteroatoms. The average molecular weight is 238 g/mol. The first-order valence-corrected chi connectivity index (χ1v) is 5.81. The molecule has 1 rings (SSSR count). The van der Waals surface area contributed by atoms with E-state index in [0.717, 1.165) is 5.56 Å². The number of aliphatic hydroxyl groups excluding tert-OH is 1. The molecule has 0 aliphatic heterocycles. The molecule has 0 saturated heterocycles. The van der Waals surface area contributed by atoms with Crippen LogP contribution in [0.25, 0.3) is 0 Å². The highest BCUT2D eigenvalue weighted by Gasteiger charge is 2.16. The van der Waals surface area contributed by atoms with E-state index in [4.69, 9.17) is 0 Å². The Morgan fingerprint density at radius 3 is 2.41 bits per heavy atom. The van der Waals surface area contributed by atoms with Gasteiger partial charge in [0.2, 0.25) is 0 Å². The fraction of sp³-hybridized carbons (Fsp3) is 0.538. The van der Waals surface area contributed by atoms with Crippen molar-refractivity contribution < 1.29 is 10.2 Å². The zero-order valence-corrected chi connectivity index (χ0v) is 10.7. The predicted octanol–water partition coefficient (Wildman–Crippen LogP) is 1.19. The van der Waals surface area contributed by atoms with Crippen molar-refractivity contribution in [2.24, 2.45) is 0 Å². The first-order valence-electron chi connectivity index (χ1n) is 5.81. The van der Waals surface area contributed by atoms with Crippen LogP contribution in [0.3, 0.4) is 0 Å². The lowest BCUT2D eigenvalue weighted by molar-refractivity contribution is 0.190. The Balaban J connectivity index is 2.51. The van der Waals surface area contributed by atoms with Crippen molar-refractivity contribution in [1.29, 1.82) is 0 Å². The molecule has 0 aliphatic rings. The lowest BCUT2D eigenvalue weighted by atomic mass is 10.1. The molecule has 96 valence electrons. The highest BCUT2D eigenvalue weighted by molar-refractivity contribution is 5.31. The molecule has 17 heavy (non-hydrogen) atoms. The summed E-state index contributed by atoms with van der Waals surface area (Å²) in [5.41, 5.74) is 0.751. The van der Waals surface area contributed by atoms with E-state index in [-0.39, 0.29) is 24.1 Å². The van der Waals surface area contributed by atoms with Gasteiger partial charge in [0, 0.05) is 17.6 Å². The van der Waals surface area contributed by atoms with Gasteiger partial charge in [0.25, 0.3) is 0 Å². The average Bonchev–Trinajstić information content (AvgIpc) is 2.24. The first-order chi connectivity index (χ1) is 7.92. The van der Waals surface area contributed by atoms with Gasteiger partial charge in [-0.3, -0.25) is 10.6 Å². The predicted molar refractivity (Wildman–Crippen MR) is 68.7 cm³/mol. The zero-order valence-electron chi connectivity index (χ0n) is 10.7. The summed E-state index contributed by atoms with van der Waals surface area (Å²) in [5, 5.41) is 25.3. The fourth-order valence-electron chi connectivity index (χ4n) is 1.58. The lowest BCUT2D eigenvalue weighted by Crippen LogP contribution is -2.52. The number of hydrogen-bond acceptors (Lipinski definition) is 4. The molecule has 0 heterocycles. The molecule has 0 saturated carbocycles. The van der Waals surface area contributed by atoms with E-state index in [1.54, 1.807) is 12.1 Å². The number of aliphatic hydroxyl groups is 1. The number of nitrogens with one attached hydrogen (secondary N) is 2. The highest BCUT2D eigenvalue weighted by Crippen LogP contribution is 2.15. The Labute approximate surface area is 103 Å². The minimum absolute atomic E-state index is 0.00483. The molecular weight excluding hydrogens is 216 g/mol. The molecule has 0 amide bonds. The van der Waals surface area contributed by atoms with E-state index in [1.807, 2.05) is 32.9 Å². The van der Waals surface area contributed by atoms with Gasteiger partial charge in [0.15, 0.2) is 0 Å². The van der Waals surface area contributed by atoms with Crippen LogP contribution in [0, 0.1) is 0 Å². The van der Waals surface area contributed by atoms with E-state index in [9.17, 15) is 10.2 Å². The van der Waals surface area contributed by atoms with Crippen LogP contribution in [-0.4, -0.2) is 28.5 Å². The Hall–Kier alpha value is -1.10. The molecule has 0 spiro atoms. The van der Waals surface area contributed by atoms with Crippen molar-refractivity contribution in [3.8, 4) is 5.75 Å². The Bertz CT molecular complexity index is 348. The van der Waals surface area contributed by atoms with Crippen LogP contribution in [0.2, 0.25) is 0 Å². The summed E-state index contributed by atoms with van der Waals surface area (Å²) in [6.07, 6.45) is -0.186. The Kier molecular flexibility index (Phi) is 4.93. The minimum atomic E-state index is -0.186. The van der Waals surface area contributed by atoms with Gasteiger partial charge in [-0.25, -0.2) is 0 Å². The second-order valence-electron chi connectivity index (χ2n) is 5.14. The van der Waals surface area contributed by atoms with Gasteiger partial charge < -0.3 is 10.2 Å². The molecule has 0 bridgehead atoms. The van der Waals surface area contributed by atoms with Crippen LogP contribution in [-0.2, 0) is 6.54 Å². The van der Waals surface area contributed by atoms with Gasteiger partial charge in [-0.05, 0) is 26.8 Å². The van der Waals surface area contributed by atoms with E-state index >= 15 is 0 Å². The van der Waals surface area contributed by atoms with Crippen molar-refractivity contribution in [3.05, 3.63) is 29.8 Å². The van der Waals surface area contributed by atoms with Crippen molar-refractivity contribution in [2.75, 3.05) is 6.61 Å². The monoisotopic (exact) mass is 238 g/mol. The third kappa shape index (κ3) is 5.17. The Morgan fingerprint density at radius 2 is 1.88 bits per heavy atom. The summed E-state index contributed by atoms with van der Waals surface area (Å²) >= 11 is 0. The molecule has 0 radical (unpaired) electrons. The molecular formula is C13H22N2O2. The number of rotatable bonds is 5. The topological polar surface area (TPSA) is 64.5 Å². The maximum absolute atomic E-state index is 9.61. The van der Waals surface area contributed by atoms with Crippen LogP contribution < -0.4 is 10.6 Å². The molecule has 0 aromatic heterocycles. The summed E-state index contributed by atoms with van der Waals surface area (Å²) in [6.45, 7) is 6.64. The third-order valence-electron chi connectivity index (χ3n) is 2.32. The van der Waals surface area contributed by atoms with Gasteiger partial charge >= 0.3 is 0 Å². The fourth-order valence-corrected chi connectivity index (χ4v) is 1.58. The summed E-state index contributed by atoms with van der Waals surface area (Å²) in [4.78, 5) is 0. The van der Waals surface area contributed by atoms with Crippen molar-refractivity contribution in [3.63, 3.8) is 0 Å². The van der Waals surface area contributed by atoms with E-state index in [1.165, 1.54) is 0 Å². The van der Waals surface area contributed by atoms with E-state index in [2.05, 4.69) is 10.6 Å². The van der Waals surface area contributed by atoms with Crippen LogP contribution in [0.15, 0.2) is 24.3 Å². The SMILES string of the molecule is CC(C)(C)NC(CO)NCc1ccccc1O. The standard InChI is InChI=1S/C13H22N2O2/c1-13(2,3)15-12(9-16)14-8-10-6-4-5-7-11(10)17/h4-7,12,14-17H,8-9H2,1-3H3. The largest absolute Gasteiger partial charge is 0.508 e. The number of phenolic OH excluding ortho intramolecular Hbond substituents is 1. The quantitative estimate of drug-likeness (QED) is 0.582. The third-order valence-corrected chi connectivity index (χ3v) is 2.32. The summed E-state index contributed by atoms with van der Waals surface area (Å²) in [5.74, 6) is 0.271. The van der Waals surface area contributed by atoms with E-state index in [0.29, 0.717) is 6.54 Å². The molecule has 1 unspecified atom stereocenters. The van der Waals surface area contributed by atoms with Crippen LogP contribution in [0.1, 0.15) is 26.3 Å². The second-order valence-corrected chi connectivity index (χ2v) is 5.14. The number of hydrogen-bond donors (Lipinski definition) is 4. The Morgan fingerprint density at radius 1 is 1.24 bits per heavy atom. The zero-order chi connectivity index (χ0) is 12.9. The number of phenols is 1. The maximum Gasteiger partial charge on any atom is 0.120 e. The summed E-state index contributed by atoms with van der Waals surface area (Å²) in [6, 6.07) is 7.17. The van der Waals surface area contributed by atoms with Gasteiger partial charge in [0.1, 0.15) is 5.75 Å². The van der Waals surface area contributed by atoms with Crippen molar-refractivity contribution >= 4 is 0 Å². The van der Waals surface area contributed by atoms with Crippen LogP contribution in [0.4, 0.5) is 0 Å². The van der Waals surface area contributed by atoms with Crippen molar-refractivity contribution in [2.45, 2.75) is 39.0 Å². The van der Waals surface area contributed by atoms with Gasteiger partial charge in [-0.2, -0.15) is 0 Å². The lowest BCUT2D eigenvalue weighted by Gasteiger charge is -2.28. The van der Waals surface area contributed by atoms with Crippen LogP contribution in [0.5, 0.6) is 5.75 Å². The number of benzene rings is 1. The molecule has 4 nitrogen and oxygen atoms in total. The van der Waals surface area contributed by atoms with Gasteiger partial charge in [0.05, 0.1) is 12.8 Å². The molecule has 4 N–H and O–H groups in total. The molecule has 0 fully saturated rings. The van der Waals surface area contributed by atoms with Crippen molar-refractivity contribution in [1.82, 2.24) is 10.6 Å².